The largest absolute Gasteiger partial charge is 0.495 e. The highest BCUT2D eigenvalue weighted by Crippen LogP contribution is 2.27. The van der Waals surface area contributed by atoms with Crippen molar-refractivity contribution in [3.8, 4) is 5.75 Å². The van der Waals surface area contributed by atoms with Crippen LogP contribution in [0.3, 0.4) is 0 Å². The zero-order valence-corrected chi connectivity index (χ0v) is 11.6. The maximum absolute atomic E-state index is 13.0. The predicted octanol–water partition coefficient (Wildman–Crippen LogP) is 4.41. The van der Waals surface area contributed by atoms with Crippen molar-refractivity contribution < 1.29 is 9.13 Å². The van der Waals surface area contributed by atoms with Crippen molar-refractivity contribution in [2.24, 2.45) is 0 Å². The summed E-state index contributed by atoms with van der Waals surface area (Å²) in [6, 6.07) is 10.3. The number of nitrogens with one attached hydrogen (secondary N) is 1. The lowest BCUT2D eigenvalue weighted by atomic mass is 10.1. The van der Waals surface area contributed by atoms with Crippen molar-refractivity contribution in [1.29, 1.82) is 0 Å². The molecule has 0 radical (unpaired) electrons. The second-order valence-corrected chi connectivity index (χ2v) is 4.68. The summed E-state index contributed by atoms with van der Waals surface area (Å²) in [5.41, 5.74) is 2.88. The van der Waals surface area contributed by atoms with Gasteiger partial charge in [-0.15, -0.1) is 0 Å². The number of benzene rings is 2. The molecule has 0 fully saturated rings. The zero-order valence-electron chi connectivity index (χ0n) is 10.8. The second-order valence-electron chi connectivity index (χ2n) is 4.27. The molecule has 2 aromatic rings. The van der Waals surface area contributed by atoms with Gasteiger partial charge in [0, 0.05) is 18.3 Å². The molecule has 0 amide bonds. The van der Waals surface area contributed by atoms with Crippen LogP contribution in [0.2, 0.25) is 5.02 Å². The van der Waals surface area contributed by atoms with Gasteiger partial charge < -0.3 is 10.1 Å². The number of halogens is 2. The molecule has 0 heterocycles. The van der Waals surface area contributed by atoms with E-state index in [4.69, 9.17) is 16.3 Å². The maximum Gasteiger partial charge on any atom is 0.139 e. The Morgan fingerprint density at radius 3 is 2.68 bits per heavy atom. The van der Waals surface area contributed by atoms with Gasteiger partial charge in [-0.2, -0.15) is 0 Å². The van der Waals surface area contributed by atoms with Gasteiger partial charge in [-0.25, -0.2) is 4.39 Å². The van der Waals surface area contributed by atoms with E-state index in [9.17, 15) is 4.39 Å². The molecule has 0 aliphatic rings. The Morgan fingerprint density at radius 2 is 2.00 bits per heavy atom. The van der Waals surface area contributed by atoms with Crippen LogP contribution in [-0.4, -0.2) is 7.11 Å². The highest BCUT2D eigenvalue weighted by Gasteiger charge is 2.03. The van der Waals surface area contributed by atoms with Gasteiger partial charge >= 0.3 is 0 Å². The van der Waals surface area contributed by atoms with E-state index in [1.807, 2.05) is 19.1 Å². The highest BCUT2D eigenvalue weighted by molar-refractivity contribution is 6.32. The van der Waals surface area contributed by atoms with Gasteiger partial charge in [0.1, 0.15) is 11.6 Å². The first kappa shape index (κ1) is 13.7. The van der Waals surface area contributed by atoms with Gasteiger partial charge in [-0.3, -0.25) is 0 Å². The molecule has 0 aliphatic carbocycles. The van der Waals surface area contributed by atoms with E-state index in [1.165, 1.54) is 12.1 Å². The summed E-state index contributed by atoms with van der Waals surface area (Å²) >= 11 is 5.96. The van der Waals surface area contributed by atoms with Crippen LogP contribution in [0, 0.1) is 12.7 Å². The number of hydrogen-bond acceptors (Lipinski definition) is 2. The Morgan fingerprint density at radius 1 is 1.21 bits per heavy atom. The summed E-state index contributed by atoms with van der Waals surface area (Å²) in [5, 5.41) is 3.84. The third-order valence-electron chi connectivity index (χ3n) is 2.94. The molecule has 19 heavy (non-hydrogen) atoms. The van der Waals surface area contributed by atoms with Crippen molar-refractivity contribution in [2.75, 3.05) is 12.4 Å². The topological polar surface area (TPSA) is 21.3 Å². The van der Waals surface area contributed by atoms with E-state index < -0.39 is 0 Å². The first-order valence-electron chi connectivity index (χ1n) is 5.92. The van der Waals surface area contributed by atoms with E-state index in [0.717, 1.165) is 16.8 Å². The monoisotopic (exact) mass is 279 g/mol. The first-order valence-corrected chi connectivity index (χ1v) is 6.30. The van der Waals surface area contributed by atoms with Crippen LogP contribution in [0.15, 0.2) is 36.4 Å². The molecule has 2 aromatic carbocycles. The lowest BCUT2D eigenvalue weighted by Crippen LogP contribution is -2.02. The maximum atomic E-state index is 13.0. The molecular weight excluding hydrogens is 265 g/mol. The number of rotatable bonds is 4. The lowest BCUT2D eigenvalue weighted by Gasteiger charge is -2.11. The number of ether oxygens (including phenoxy) is 1. The third-order valence-corrected chi connectivity index (χ3v) is 3.25. The fourth-order valence-electron chi connectivity index (χ4n) is 1.82. The van der Waals surface area contributed by atoms with Crippen molar-refractivity contribution in [3.63, 3.8) is 0 Å². The molecule has 0 saturated carbocycles. The lowest BCUT2D eigenvalue weighted by molar-refractivity contribution is 0.415. The van der Waals surface area contributed by atoms with Crippen molar-refractivity contribution in [3.05, 3.63) is 58.4 Å². The van der Waals surface area contributed by atoms with E-state index >= 15 is 0 Å². The molecule has 0 aromatic heterocycles. The van der Waals surface area contributed by atoms with Gasteiger partial charge in [-0.1, -0.05) is 17.7 Å². The molecule has 1 N–H and O–H groups in total. The number of aryl methyl sites for hydroxylation is 1. The van der Waals surface area contributed by atoms with Crippen molar-refractivity contribution >= 4 is 17.3 Å². The van der Waals surface area contributed by atoms with Crippen LogP contribution in [0.5, 0.6) is 5.75 Å². The third kappa shape index (κ3) is 3.38. The molecule has 4 heteroatoms. The number of methoxy groups -OCH3 is 1. The zero-order chi connectivity index (χ0) is 13.8. The minimum Gasteiger partial charge on any atom is -0.495 e. The highest BCUT2D eigenvalue weighted by atomic mass is 35.5. The van der Waals surface area contributed by atoms with Crippen LogP contribution in [0.4, 0.5) is 10.1 Å². The molecule has 0 aliphatic heterocycles. The molecule has 100 valence electrons. The molecule has 2 nitrogen and oxygen atoms in total. The van der Waals surface area contributed by atoms with Gasteiger partial charge in [0.05, 0.1) is 12.1 Å². The Hall–Kier alpha value is -1.74. The second kappa shape index (κ2) is 5.93. The van der Waals surface area contributed by atoms with Crippen LogP contribution in [-0.2, 0) is 6.54 Å². The Bertz CT molecular complexity index is 586. The van der Waals surface area contributed by atoms with Crippen LogP contribution in [0.1, 0.15) is 11.1 Å². The van der Waals surface area contributed by atoms with Crippen LogP contribution >= 0.6 is 11.6 Å². The van der Waals surface area contributed by atoms with E-state index in [0.29, 0.717) is 17.3 Å². The van der Waals surface area contributed by atoms with Crippen LogP contribution < -0.4 is 10.1 Å². The molecular formula is C15H15ClFNO. The Kier molecular flexibility index (Phi) is 4.27. The van der Waals surface area contributed by atoms with Gasteiger partial charge in [0.2, 0.25) is 0 Å². The molecule has 0 saturated heterocycles. The minimum atomic E-state index is -0.214. The van der Waals surface area contributed by atoms with Gasteiger partial charge in [0.25, 0.3) is 0 Å². The normalized spacial score (nSPS) is 10.3. The fourth-order valence-corrected chi connectivity index (χ4v) is 2.02. The summed E-state index contributed by atoms with van der Waals surface area (Å²) < 4.78 is 18.2. The van der Waals surface area contributed by atoms with Crippen molar-refractivity contribution in [1.82, 2.24) is 0 Å². The summed E-state index contributed by atoms with van der Waals surface area (Å²) in [5.74, 6) is 0.414. The SMILES string of the molecule is COc1cc(NCc2ccc(F)cc2C)ccc1Cl. The molecule has 0 bridgehead atoms. The molecule has 2 rings (SSSR count). The number of hydrogen-bond donors (Lipinski definition) is 1. The average molecular weight is 280 g/mol. The summed E-state index contributed by atoms with van der Waals surface area (Å²) in [6.07, 6.45) is 0. The first-order chi connectivity index (χ1) is 9.10. The Balaban J connectivity index is 2.10. The summed E-state index contributed by atoms with van der Waals surface area (Å²) in [4.78, 5) is 0. The van der Waals surface area contributed by atoms with Crippen LogP contribution in [0.25, 0.3) is 0 Å². The Labute approximate surface area is 117 Å². The fraction of sp³-hybridized carbons (Fsp3) is 0.200. The summed E-state index contributed by atoms with van der Waals surface area (Å²) in [7, 11) is 1.58. The van der Waals surface area contributed by atoms with Crippen molar-refractivity contribution in [2.45, 2.75) is 13.5 Å². The van der Waals surface area contributed by atoms with E-state index in [2.05, 4.69) is 5.32 Å². The minimum absolute atomic E-state index is 0.214. The average Bonchev–Trinajstić information content (AvgIpc) is 2.39. The standard InChI is InChI=1S/C15H15ClFNO/c1-10-7-12(17)4-3-11(10)9-18-13-5-6-14(16)15(8-13)19-2/h3-8,18H,9H2,1-2H3. The molecule has 0 unspecified atom stereocenters. The smallest absolute Gasteiger partial charge is 0.139 e. The quantitative estimate of drug-likeness (QED) is 0.895. The molecule has 0 atom stereocenters. The molecule has 0 spiro atoms. The summed E-state index contributed by atoms with van der Waals surface area (Å²) in [6.45, 7) is 2.51. The van der Waals surface area contributed by atoms with E-state index in [1.54, 1.807) is 19.2 Å². The number of anilines is 1. The van der Waals surface area contributed by atoms with Gasteiger partial charge in [0.15, 0.2) is 0 Å². The van der Waals surface area contributed by atoms with E-state index in [-0.39, 0.29) is 5.82 Å². The predicted molar refractivity (Wildman–Crippen MR) is 76.5 cm³/mol. The van der Waals surface area contributed by atoms with Gasteiger partial charge in [-0.05, 0) is 42.3 Å².